The van der Waals surface area contributed by atoms with Crippen LogP contribution >= 0.6 is 0 Å². The largest absolute Gasteiger partial charge is 0.378 e. The zero-order valence-corrected chi connectivity index (χ0v) is 9.50. The smallest absolute Gasteiger partial charge is 0.164 e. The maximum atomic E-state index is 13.6. The SMILES string of the molecule is CC(=O)c1c(F)cc(F)cc1N1CCOCC1. The van der Waals surface area contributed by atoms with Crippen molar-refractivity contribution in [2.24, 2.45) is 0 Å². The number of hydrogen-bond acceptors (Lipinski definition) is 3. The van der Waals surface area contributed by atoms with Gasteiger partial charge in [0.05, 0.1) is 24.5 Å². The van der Waals surface area contributed by atoms with Gasteiger partial charge in [0.15, 0.2) is 5.78 Å². The maximum Gasteiger partial charge on any atom is 0.164 e. The third-order valence-corrected chi connectivity index (χ3v) is 2.74. The van der Waals surface area contributed by atoms with Crippen LogP contribution in [0.15, 0.2) is 12.1 Å². The molecule has 5 heteroatoms. The molecule has 1 aromatic rings. The summed E-state index contributed by atoms with van der Waals surface area (Å²) in [6.45, 7) is 3.33. The molecule has 1 fully saturated rings. The van der Waals surface area contributed by atoms with Gasteiger partial charge in [0.1, 0.15) is 11.6 Å². The van der Waals surface area contributed by atoms with Gasteiger partial charge in [-0.1, -0.05) is 0 Å². The second-order valence-electron chi connectivity index (χ2n) is 3.94. The van der Waals surface area contributed by atoms with Crippen LogP contribution < -0.4 is 4.90 Å². The number of benzene rings is 1. The Hall–Kier alpha value is -1.49. The van der Waals surface area contributed by atoms with Crippen LogP contribution in [0.5, 0.6) is 0 Å². The van der Waals surface area contributed by atoms with Crippen molar-refractivity contribution in [1.82, 2.24) is 0 Å². The second kappa shape index (κ2) is 4.79. The van der Waals surface area contributed by atoms with Gasteiger partial charge in [0.2, 0.25) is 0 Å². The van der Waals surface area contributed by atoms with E-state index in [1.54, 1.807) is 4.90 Å². The predicted octanol–water partition coefficient (Wildman–Crippen LogP) is 2.00. The van der Waals surface area contributed by atoms with E-state index < -0.39 is 17.4 Å². The lowest BCUT2D eigenvalue weighted by Crippen LogP contribution is -2.37. The minimum absolute atomic E-state index is 0.0479. The normalized spacial score (nSPS) is 16.1. The Morgan fingerprint density at radius 1 is 1.29 bits per heavy atom. The molecule has 1 heterocycles. The third-order valence-electron chi connectivity index (χ3n) is 2.74. The number of nitrogens with zero attached hydrogens (tertiary/aromatic N) is 1. The molecule has 2 rings (SSSR count). The standard InChI is InChI=1S/C12H13F2NO2/c1-8(16)12-10(14)6-9(13)7-11(12)15-2-4-17-5-3-15/h6-7H,2-5H2,1H3. The van der Waals surface area contributed by atoms with Crippen molar-refractivity contribution in [1.29, 1.82) is 0 Å². The van der Waals surface area contributed by atoms with Gasteiger partial charge in [-0.15, -0.1) is 0 Å². The topological polar surface area (TPSA) is 29.5 Å². The molecule has 0 radical (unpaired) electrons. The monoisotopic (exact) mass is 241 g/mol. The Balaban J connectivity index is 2.46. The fraction of sp³-hybridized carbons (Fsp3) is 0.417. The number of halogens is 2. The van der Waals surface area contributed by atoms with E-state index in [9.17, 15) is 13.6 Å². The average molecular weight is 241 g/mol. The highest BCUT2D eigenvalue weighted by Gasteiger charge is 2.21. The first kappa shape index (κ1) is 12.0. The van der Waals surface area contributed by atoms with Crippen molar-refractivity contribution < 1.29 is 18.3 Å². The molecule has 0 amide bonds. The number of rotatable bonds is 2. The van der Waals surface area contributed by atoms with E-state index in [1.165, 1.54) is 13.0 Å². The summed E-state index contributed by atoms with van der Waals surface area (Å²) in [5, 5.41) is 0. The van der Waals surface area contributed by atoms with Crippen LogP contribution in [0.2, 0.25) is 0 Å². The van der Waals surface area contributed by atoms with Crippen LogP contribution in [-0.2, 0) is 4.74 Å². The highest BCUT2D eigenvalue weighted by molar-refractivity contribution is 6.00. The third kappa shape index (κ3) is 2.44. The van der Waals surface area contributed by atoms with Crippen molar-refractivity contribution in [2.75, 3.05) is 31.2 Å². The molecule has 0 unspecified atom stereocenters. The lowest BCUT2D eigenvalue weighted by Gasteiger charge is -2.30. The lowest BCUT2D eigenvalue weighted by molar-refractivity contribution is 0.101. The number of carbonyl (C=O) groups excluding carboxylic acids is 1. The Labute approximate surface area is 98.0 Å². The molecule has 1 aliphatic heterocycles. The van der Waals surface area contributed by atoms with Crippen molar-refractivity contribution in [2.45, 2.75) is 6.92 Å². The Kier molecular flexibility index (Phi) is 3.38. The number of hydrogen-bond donors (Lipinski definition) is 0. The van der Waals surface area contributed by atoms with Crippen LogP contribution in [-0.4, -0.2) is 32.1 Å². The molecular formula is C12H13F2NO2. The summed E-state index contributed by atoms with van der Waals surface area (Å²) in [7, 11) is 0. The van der Waals surface area contributed by atoms with Crippen LogP contribution in [0.3, 0.4) is 0 Å². The number of carbonyl (C=O) groups is 1. The minimum Gasteiger partial charge on any atom is -0.378 e. The molecular weight excluding hydrogens is 228 g/mol. The molecule has 0 N–H and O–H groups in total. The van der Waals surface area contributed by atoms with Crippen LogP contribution in [0.1, 0.15) is 17.3 Å². The lowest BCUT2D eigenvalue weighted by atomic mass is 10.1. The molecule has 17 heavy (non-hydrogen) atoms. The van der Waals surface area contributed by atoms with E-state index in [-0.39, 0.29) is 5.56 Å². The molecule has 1 aromatic carbocycles. The summed E-state index contributed by atoms with van der Waals surface area (Å²) in [5.41, 5.74) is 0.270. The molecule has 3 nitrogen and oxygen atoms in total. The fourth-order valence-corrected chi connectivity index (χ4v) is 1.96. The molecule has 0 saturated carbocycles. The van der Waals surface area contributed by atoms with Gasteiger partial charge >= 0.3 is 0 Å². The van der Waals surface area contributed by atoms with Gasteiger partial charge in [-0.25, -0.2) is 8.78 Å². The Morgan fingerprint density at radius 3 is 2.53 bits per heavy atom. The molecule has 0 atom stereocenters. The molecule has 0 aromatic heterocycles. The summed E-state index contributed by atoms with van der Waals surface area (Å²) in [4.78, 5) is 13.2. The van der Waals surface area contributed by atoms with Crippen molar-refractivity contribution in [3.63, 3.8) is 0 Å². The van der Waals surface area contributed by atoms with Crippen LogP contribution in [0.4, 0.5) is 14.5 Å². The number of ketones is 1. The number of Topliss-reactive ketones (excluding diaryl/α,β-unsaturated/α-hetero) is 1. The van der Waals surface area contributed by atoms with E-state index in [2.05, 4.69) is 0 Å². The summed E-state index contributed by atoms with van der Waals surface area (Å²) in [6, 6.07) is 1.94. The Bertz CT molecular complexity index is 442. The molecule has 92 valence electrons. The summed E-state index contributed by atoms with van der Waals surface area (Å²) < 4.78 is 32.0. The molecule has 0 spiro atoms. The van der Waals surface area contributed by atoms with Gasteiger partial charge in [-0.3, -0.25) is 4.79 Å². The molecule has 1 saturated heterocycles. The zero-order chi connectivity index (χ0) is 12.4. The van der Waals surface area contributed by atoms with E-state index in [0.717, 1.165) is 6.07 Å². The second-order valence-corrected chi connectivity index (χ2v) is 3.94. The quantitative estimate of drug-likeness (QED) is 0.742. The predicted molar refractivity (Wildman–Crippen MR) is 59.4 cm³/mol. The van der Waals surface area contributed by atoms with Gasteiger partial charge in [0.25, 0.3) is 0 Å². The summed E-state index contributed by atoms with van der Waals surface area (Å²) in [5.74, 6) is -1.88. The first-order chi connectivity index (χ1) is 8.09. The highest BCUT2D eigenvalue weighted by Crippen LogP contribution is 2.26. The number of ether oxygens (including phenoxy) is 1. The van der Waals surface area contributed by atoms with Crippen molar-refractivity contribution in [3.05, 3.63) is 29.3 Å². The van der Waals surface area contributed by atoms with Gasteiger partial charge < -0.3 is 9.64 Å². The first-order valence-corrected chi connectivity index (χ1v) is 5.42. The van der Waals surface area contributed by atoms with E-state index in [1.807, 2.05) is 0 Å². The van der Waals surface area contributed by atoms with E-state index in [4.69, 9.17) is 4.74 Å². The fourth-order valence-electron chi connectivity index (χ4n) is 1.96. The van der Waals surface area contributed by atoms with Gasteiger partial charge in [-0.05, 0) is 13.0 Å². The molecule has 0 bridgehead atoms. The first-order valence-electron chi connectivity index (χ1n) is 5.42. The van der Waals surface area contributed by atoms with Crippen molar-refractivity contribution in [3.8, 4) is 0 Å². The minimum atomic E-state index is -0.806. The van der Waals surface area contributed by atoms with Crippen molar-refractivity contribution >= 4 is 11.5 Å². The van der Waals surface area contributed by atoms with Gasteiger partial charge in [-0.2, -0.15) is 0 Å². The summed E-state index contributed by atoms with van der Waals surface area (Å²) in [6.07, 6.45) is 0. The molecule has 0 aliphatic carbocycles. The highest BCUT2D eigenvalue weighted by atomic mass is 19.1. The molecule has 1 aliphatic rings. The maximum absolute atomic E-state index is 13.6. The van der Waals surface area contributed by atoms with E-state index in [0.29, 0.717) is 32.0 Å². The zero-order valence-electron chi connectivity index (χ0n) is 9.50. The number of anilines is 1. The summed E-state index contributed by atoms with van der Waals surface area (Å²) >= 11 is 0. The van der Waals surface area contributed by atoms with Crippen LogP contribution in [0.25, 0.3) is 0 Å². The van der Waals surface area contributed by atoms with Crippen LogP contribution in [0, 0.1) is 11.6 Å². The Morgan fingerprint density at radius 2 is 1.94 bits per heavy atom. The van der Waals surface area contributed by atoms with Gasteiger partial charge in [0, 0.05) is 19.2 Å². The number of morpholine rings is 1. The average Bonchev–Trinajstić information content (AvgIpc) is 2.28. The van der Waals surface area contributed by atoms with E-state index >= 15 is 0 Å².